The zero-order valence-electron chi connectivity index (χ0n) is 7.76. The van der Waals surface area contributed by atoms with E-state index >= 15 is 0 Å². The molecule has 0 rings (SSSR count). The first-order valence-electron chi connectivity index (χ1n) is 1.73. The molecule has 0 atom stereocenters. The number of rotatable bonds is 2. The third-order valence-corrected chi connectivity index (χ3v) is 0.565. The summed E-state index contributed by atoms with van der Waals surface area (Å²) in [6, 6.07) is 0. The van der Waals surface area contributed by atoms with Crippen molar-refractivity contribution >= 4 is 20.8 Å². The summed E-state index contributed by atoms with van der Waals surface area (Å²) in [4.78, 5) is 0. The van der Waals surface area contributed by atoms with Gasteiger partial charge in [0.1, 0.15) is 0 Å². The SMILES string of the molecule is N.O=S(=O)(O)OO.O=S(=O)(O)OO.[H-].[K+]. The molecule has 86 valence electrons. The van der Waals surface area contributed by atoms with Crippen LogP contribution in [-0.4, -0.2) is 36.5 Å². The predicted octanol–water partition coefficient (Wildman–Crippen LogP) is -4.16. The van der Waals surface area contributed by atoms with Gasteiger partial charge in [0.05, 0.1) is 0 Å². The smallest absolute Gasteiger partial charge is 1.00 e. The van der Waals surface area contributed by atoms with Crippen LogP contribution in [0.2, 0.25) is 0 Å². The van der Waals surface area contributed by atoms with Gasteiger partial charge in [-0.3, -0.25) is 9.11 Å². The molecule has 0 saturated heterocycles. The van der Waals surface area contributed by atoms with Gasteiger partial charge < -0.3 is 7.58 Å². The van der Waals surface area contributed by atoms with Crippen LogP contribution in [0.3, 0.4) is 0 Å². The Hall–Kier alpha value is 1.26. The van der Waals surface area contributed by atoms with Crippen LogP contribution in [0, 0.1) is 0 Å². The Morgan fingerprint density at radius 1 is 0.857 bits per heavy atom. The van der Waals surface area contributed by atoms with Crippen LogP contribution in [0.25, 0.3) is 0 Å². The summed E-state index contributed by atoms with van der Waals surface area (Å²) in [6.07, 6.45) is 0. The molecule has 0 radical (unpaired) electrons. The van der Waals surface area contributed by atoms with Crippen molar-refractivity contribution in [2.45, 2.75) is 0 Å². The van der Waals surface area contributed by atoms with Gasteiger partial charge in [-0.25, -0.2) is 10.5 Å². The molecular weight excluding hydrogens is 277 g/mol. The monoisotopic (exact) mass is 285 g/mol. The minimum atomic E-state index is -4.61. The zero-order valence-corrected chi connectivity index (χ0v) is 11.5. The van der Waals surface area contributed by atoms with E-state index in [2.05, 4.69) is 8.67 Å². The molecule has 0 aromatic heterocycles. The van der Waals surface area contributed by atoms with E-state index in [0.717, 1.165) is 0 Å². The van der Waals surface area contributed by atoms with Crippen LogP contribution in [-0.2, 0) is 29.5 Å². The van der Waals surface area contributed by atoms with Crippen LogP contribution < -0.4 is 57.5 Å². The van der Waals surface area contributed by atoms with E-state index in [0.29, 0.717) is 0 Å². The van der Waals surface area contributed by atoms with Gasteiger partial charge in [-0.15, -0.1) is 0 Å². The second-order valence-electron chi connectivity index (χ2n) is 1.00. The maximum atomic E-state index is 9.08. The summed E-state index contributed by atoms with van der Waals surface area (Å²) in [5, 5.41) is 14.1. The summed E-state index contributed by atoms with van der Waals surface area (Å²) in [5.41, 5.74) is 0. The molecule has 0 fully saturated rings. The Morgan fingerprint density at radius 2 is 0.929 bits per heavy atom. The van der Waals surface area contributed by atoms with Gasteiger partial charge in [0, 0.05) is 0 Å². The Balaban J connectivity index is -0.0000000370. The molecule has 14 heteroatoms. The summed E-state index contributed by atoms with van der Waals surface area (Å²) in [5.74, 6) is 0. The molecule has 0 aromatic carbocycles. The minimum absolute atomic E-state index is 0. The van der Waals surface area contributed by atoms with Crippen LogP contribution in [0.4, 0.5) is 0 Å². The topological polar surface area (TPSA) is 203 Å². The molecule has 14 heavy (non-hydrogen) atoms. The van der Waals surface area contributed by atoms with Crippen molar-refractivity contribution < 1.29 is 97.9 Å². The van der Waals surface area contributed by atoms with E-state index in [1.54, 1.807) is 0 Å². The fourth-order valence-corrected chi connectivity index (χ4v) is 0. The quantitative estimate of drug-likeness (QED) is 0.142. The summed E-state index contributed by atoms with van der Waals surface area (Å²) < 4.78 is 55.9. The number of hydrogen-bond acceptors (Lipinski definition) is 9. The standard InChI is InChI=1S/K.H3N.2H2O5S.H/c;;2*1-5-6(2,3)4;/h;1H3;2*1H,(H,2,3,4);/q+1;;;;-1. The van der Waals surface area contributed by atoms with Gasteiger partial charge in [-0.05, 0) is 0 Å². The first kappa shape index (κ1) is 24.5. The Labute approximate surface area is 123 Å². The van der Waals surface area contributed by atoms with Gasteiger partial charge in [-0.1, -0.05) is 8.67 Å². The van der Waals surface area contributed by atoms with E-state index in [-0.39, 0.29) is 59.0 Å². The summed E-state index contributed by atoms with van der Waals surface area (Å²) >= 11 is 0. The van der Waals surface area contributed by atoms with Gasteiger partial charge >= 0.3 is 72.2 Å². The van der Waals surface area contributed by atoms with Crippen LogP contribution >= 0.6 is 0 Å². The first-order chi connectivity index (χ1) is 5.12. The maximum absolute atomic E-state index is 9.08. The van der Waals surface area contributed by atoms with Crippen LogP contribution in [0.15, 0.2) is 0 Å². The summed E-state index contributed by atoms with van der Waals surface area (Å²) in [7, 11) is -9.21. The van der Waals surface area contributed by atoms with Crippen molar-refractivity contribution in [3.8, 4) is 0 Å². The zero-order chi connectivity index (χ0) is 10.4. The molecule has 0 amide bonds. The van der Waals surface area contributed by atoms with E-state index < -0.39 is 20.8 Å². The summed E-state index contributed by atoms with van der Waals surface area (Å²) in [6.45, 7) is 0. The first-order valence-corrected chi connectivity index (χ1v) is 4.46. The van der Waals surface area contributed by atoms with Crippen LogP contribution in [0.1, 0.15) is 1.43 Å². The molecule has 0 saturated carbocycles. The van der Waals surface area contributed by atoms with Crippen molar-refractivity contribution in [3.05, 3.63) is 0 Å². The van der Waals surface area contributed by atoms with Crippen LogP contribution in [0.5, 0.6) is 0 Å². The average Bonchev–Trinajstić information content (AvgIpc) is 1.86. The molecule has 0 aliphatic heterocycles. The molecule has 0 spiro atoms. The molecule has 0 bridgehead atoms. The third-order valence-electron chi connectivity index (χ3n) is 0.188. The second kappa shape index (κ2) is 10.8. The fraction of sp³-hybridized carbons (Fsp3) is 0. The molecule has 0 unspecified atom stereocenters. The molecule has 11 nitrogen and oxygen atoms in total. The van der Waals surface area contributed by atoms with Crippen molar-refractivity contribution in [3.63, 3.8) is 0 Å². The average molecular weight is 285 g/mol. The molecule has 0 aliphatic carbocycles. The van der Waals surface area contributed by atoms with Gasteiger partial charge in [-0.2, -0.15) is 16.8 Å². The van der Waals surface area contributed by atoms with E-state index in [1.165, 1.54) is 0 Å². The van der Waals surface area contributed by atoms with Crippen molar-refractivity contribution in [2.24, 2.45) is 0 Å². The van der Waals surface area contributed by atoms with Crippen molar-refractivity contribution in [2.75, 3.05) is 0 Å². The van der Waals surface area contributed by atoms with Crippen molar-refractivity contribution in [1.29, 1.82) is 0 Å². The normalized spacial score (nSPS) is 10.0. The fourth-order valence-electron chi connectivity index (χ4n) is 0. The van der Waals surface area contributed by atoms with E-state index in [4.69, 9.17) is 36.5 Å². The minimum Gasteiger partial charge on any atom is -1.00 e. The second-order valence-corrected chi connectivity index (χ2v) is 3.01. The largest absolute Gasteiger partial charge is 1.00 e. The Morgan fingerprint density at radius 3 is 0.929 bits per heavy atom. The maximum Gasteiger partial charge on any atom is 1.00 e. The predicted molar refractivity (Wildman–Crippen MR) is 36.7 cm³/mol. The van der Waals surface area contributed by atoms with Gasteiger partial charge in [0.2, 0.25) is 0 Å². The van der Waals surface area contributed by atoms with E-state index in [1.807, 2.05) is 0 Å². The molecule has 0 heterocycles. The third kappa shape index (κ3) is 37.8. The molecule has 0 aromatic rings. The molecule has 7 N–H and O–H groups in total. The van der Waals surface area contributed by atoms with E-state index in [9.17, 15) is 0 Å². The van der Waals surface area contributed by atoms with Gasteiger partial charge in [0.15, 0.2) is 0 Å². The Kier molecular flexibility index (Phi) is 18.8. The van der Waals surface area contributed by atoms with Crippen molar-refractivity contribution in [1.82, 2.24) is 6.15 Å². The Bertz CT molecular complexity index is 259. The van der Waals surface area contributed by atoms with Gasteiger partial charge in [0.25, 0.3) is 0 Å². The molecular formula is H8KNO10S2. The number of hydrogen-bond donors (Lipinski definition) is 5. The molecule has 0 aliphatic rings.